The molecule has 19 heavy (non-hydrogen) atoms. The molecule has 1 aromatic carbocycles. The monoisotopic (exact) mass is 346 g/mol. The smallest absolute Gasteiger partial charge is 0.321 e. The molecule has 0 spiro atoms. The fourth-order valence-corrected chi connectivity index (χ4v) is 3.32. The summed E-state index contributed by atoms with van der Waals surface area (Å²) in [5, 5.41) is -0.912. The average Bonchev–Trinajstić information content (AvgIpc) is 2.31. The Hall–Kier alpha value is -1.14. The molecule has 6 heteroatoms. The molecule has 0 saturated carbocycles. The SMILES string of the molecule is C=CC(c1ccc(Br)cc1)S(=O)(=O)CC(=O)OCC. The molecule has 0 aromatic heterocycles. The maximum atomic E-state index is 12.1. The van der Waals surface area contributed by atoms with Crippen molar-refractivity contribution in [3.8, 4) is 0 Å². The number of carbonyl (C=O) groups excluding carboxylic acids is 1. The Kier molecular flexibility index (Phi) is 5.75. The molecule has 1 rings (SSSR count). The number of sulfone groups is 1. The van der Waals surface area contributed by atoms with Gasteiger partial charge in [-0.05, 0) is 24.6 Å². The third-order valence-corrected chi connectivity index (χ3v) is 4.83. The topological polar surface area (TPSA) is 60.4 Å². The van der Waals surface area contributed by atoms with E-state index in [0.717, 1.165) is 4.47 Å². The van der Waals surface area contributed by atoms with E-state index in [0.29, 0.717) is 5.56 Å². The summed E-state index contributed by atoms with van der Waals surface area (Å²) in [6.45, 7) is 5.32. The van der Waals surface area contributed by atoms with Crippen LogP contribution in [-0.4, -0.2) is 26.7 Å². The molecule has 0 radical (unpaired) electrons. The highest BCUT2D eigenvalue weighted by atomic mass is 79.9. The lowest BCUT2D eigenvalue weighted by Crippen LogP contribution is -2.23. The molecular weight excluding hydrogens is 332 g/mol. The van der Waals surface area contributed by atoms with E-state index < -0.39 is 26.8 Å². The minimum atomic E-state index is -3.67. The first-order valence-corrected chi connectivity index (χ1v) is 8.16. The van der Waals surface area contributed by atoms with Gasteiger partial charge < -0.3 is 4.74 Å². The van der Waals surface area contributed by atoms with E-state index in [2.05, 4.69) is 27.2 Å². The lowest BCUT2D eigenvalue weighted by molar-refractivity contribution is -0.139. The zero-order chi connectivity index (χ0) is 14.5. The van der Waals surface area contributed by atoms with Gasteiger partial charge in [-0.2, -0.15) is 0 Å². The summed E-state index contributed by atoms with van der Waals surface area (Å²) in [6.07, 6.45) is 1.32. The van der Waals surface area contributed by atoms with Crippen molar-refractivity contribution >= 4 is 31.7 Å². The predicted octanol–water partition coefficient (Wildman–Crippen LogP) is 2.65. The standard InChI is InChI=1S/C13H15BrO4S/c1-3-12(10-5-7-11(14)8-6-10)19(16,17)9-13(15)18-4-2/h3,5-8,12H,1,4,9H2,2H3. The fraction of sp³-hybridized carbons (Fsp3) is 0.308. The first kappa shape index (κ1) is 15.9. The molecule has 0 heterocycles. The van der Waals surface area contributed by atoms with Crippen LogP contribution in [0.1, 0.15) is 17.7 Å². The third-order valence-electron chi connectivity index (χ3n) is 2.42. The van der Waals surface area contributed by atoms with E-state index in [1.165, 1.54) is 6.08 Å². The Morgan fingerprint density at radius 1 is 1.42 bits per heavy atom. The van der Waals surface area contributed by atoms with Crippen LogP contribution in [0.2, 0.25) is 0 Å². The van der Waals surface area contributed by atoms with Crippen LogP contribution in [0.25, 0.3) is 0 Å². The number of esters is 1. The van der Waals surface area contributed by atoms with Crippen molar-refractivity contribution in [2.45, 2.75) is 12.2 Å². The predicted molar refractivity (Wildman–Crippen MR) is 77.5 cm³/mol. The molecule has 0 amide bonds. The molecule has 104 valence electrons. The summed E-state index contributed by atoms with van der Waals surface area (Å²) in [5.74, 6) is -1.39. The van der Waals surface area contributed by atoms with Gasteiger partial charge in [0.15, 0.2) is 9.84 Å². The van der Waals surface area contributed by atoms with E-state index >= 15 is 0 Å². The van der Waals surface area contributed by atoms with Gasteiger partial charge in [0, 0.05) is 4.47 Å². The number of hydrogen-bond acceptors (Lipinski definition) is 4. The molecular formula is C13H15BrO4S. The number of hydrogen-bond donors (Lipinski definition) is 0. The lowest BCUT2D eigenvalue weighted by atomic mass is 10.1. The number of carbonyl (C=O) groups is 1. The van der Waals surface area contributed by atoms with Gasteiger partial charge in [0.1, 0.15) is 11.0 Å². The second kappa shape index (κ2) is 6.86. The first-order valence-electron chi connectivity index (χ1n) is 5.66. The largest absolute Gasteiger partial charge is 0.465 e. The van der Waals surface area contributed by atoms with Crippen LogP contribution < -0.4 is 0 Å². The first-order chi connectivity index (χ1) is 8.90. The zero-order valence-electron chi connectivity index (χ0n) is 10.5. The molecule has 1 aromatic rings. The van der Waals surface area contributed by atoms with Gasteiger partial charge in [0.2, 0.25) is 0 Å². The Morgan fingerprint density at radius 2 is 2.00 bits per heavy atom. The van der Waals surface area contributed by atoms with Gasteiger partial charge in [-0.15, -0.1) is 6.58 Å². The van der Waals surface area contributed by atoms with E-state index in [1.54, 1.807) is 31.2 Å². The van der Waals surface area contributed by atoms with Crippen LogP contribution in [0.3, 0.4) is 0 Å². The van der Waals surface area contributed by atoms with Gasteiger partial charge in [0.05, 0.1) is 6.61 Å². The van der Waals surface area contributed by atoms with Gasteiger partial charge in [-0.3, -0.25) is 4.79 Å². The molecule has 4 nitrogen and oxygen atoms in total. The zero-order valence-corrected chi connectivity index (χ0v) is 12.9. The Labute approximate surface area is 121 Å². The summed E-state index contributed by atoms with van der Waals surface area (Å²) in [6, 6.07) is 6.84. The van der Waals surface area contributed by atoms with Crippen molar-refractivity contribution in [3.05, 3.63) is 47.0 Å². The Balaban J connectivity index is 2.99. The quantitative estimate of drug-likeness (QED) is 0.586. The van der Waals surface area contributed by atoms with Crippen molar-refractivity contribution in [2.75, 3.05) is 12.4 Å². The second-order valence-corrected chi connectivity index (χ2v) is 6.86. The summed E-state index contributed by atoms with van der Waals surface area (Å²) in [4.78, 5) is 11.3. The molecule has 0 saturated heterocycles. The van der Waals surface area contributed by atoms with Gasteiger partial charge in [-0.1, -0.05) is 34.1 Å². The molecule has 0 aliphatic carbocycles. The molecule has 0 N–H and O–H groups in total. The van der Waals surface area contributed by atoms with Crippen molar-refractivity contribution in [3.63, 3.8) is 0 Å². The summed E-state index contributed by atoms with van der Waals surface area (Å²) in [7, 11) is -3.67. The number of rotatable bonds is 6. The molecule has 0 aliphatic heterocycles. The van der Waals surface area contributed by atoms with Crippen LogP contribution in [-0.2, 0) is 19.4 Å². The van der Waals surface area contributed by atoms with Crippen LogP contribution in [0.15, 0.2) is 41.4 Å². The fourth-order valence-electron chi connectivity index (χ4n) is 1.60. The van der Waals surface area contributed by atoms with Crippen LogP contribution in [0, 0.1) is 0 Å². The van der Waals surface area contributed by atoms with Gasteiger partial charge in [-0.25, -0.2) is 8.42 Å². The summed E-state index contributed by atoms with van der Waals surface area (Å²) in [5.41, 5.74) is 0.572. The maximum absolute atomic E-state index is 12.1. The normalized spacial score (nSPS) is 12.7. The Bertz CT molecular complexity index is 549. The second-order valence-electron chi connectivity index (χ2n) is 3.82. The minimum Gasteiger partial charge on any atom is -0.465 e. The third kappa shape index (κ3) is 4.47. The number of benzene rings is 1. The molecule has 1 atom stereocenters. The van der Waals surface area contributed by atoms with E-state index in [1.807, 2.05) is 0 Å². The van der Waals surface area contributed by atoms with Crippen LogP contribution in [0.5, 0.6) is 0 Å². The van der Waals surface area contributed by atoms with E-state index in [9.17, 15) is 13.2 Å². The van der Waals surface area contributed by atoms with Crippen molar-refractivity contribution in [1.82, 2.24) is 0 Å². The van der Waals surface area contributed by atoms with Gasteiger partial charge in [0.25, 0.3) is 0 Å². The van der Waals surface area contributed by atoms with E-state index in [-0.39, 0.29) is 6.61 Å². The van der Waals surface area contributed by atoms with Crippen molar-refractivity contribution in [1.29, 1.82) is 0 Å². The highest BCUT2D eigenvalue weighted by Crippen LogP contribution is 2.25. The lowest BCUT2D eigenvalue weighted by Gasteiger charge is -2.13. The molecule has 1 unspecified atom stereocenters. The van der Waals surface area contributed by atoms with Crippen molar-refractivity contribution < 1.29 is 17.9 Å². The highest BCUT2D eigenvalue weighted by Gasteiger charge is 2.27. The minimum absolute atomic E-state index is 0.158. The number of ether oxygens (including phenoxy) is 1. The summed E-state index contributed by atoms with van der Waals surface area (Å²) < 4.78 is 29.8. The maximum Gasteiger partial charge on any atom is 0.321 e. The molecule has 0 aliphatic rings. The number of halogens is 1. The molecule has 0 bridgehead atoms. The average molecular weight is 347 g/mol. The molecule has 0 fully saturated rings. The van der Waals surface area contributed by atoms with Crippen LogP contribution >= 0.6 is 15.9 Å². The summed E-state index contributed by atoms with van der Waals surface area (Å²) >= 11 is 3.28. The highest BCUT2D eigenvalue weighted by molar-refractivity contribution is 9.10. The Morgan fingerprint density at radius 3 is 2.47 bits per heavy atom. The van der Waals surface area contributed by atoms with E-state index in [4.69, 9.17) is 0 Å². The van der Waals surface area contributed by atoms with Crippen molar-refractivity contribution in [2.24, 2.45) is 0 Å². The van der Waals surface area contributed by atoms with Crippen LogP contribution in [0.4, 0.5) is 0 Å². The van der Waals surface area contributed by atoms with Gasteiger partial charge >= 0.3 is 5.97 Å².